The number of rotatable bonds is 2. The molecule has 2 unspecified atom stereocenters. The highest BCUT2D eigenvalue weighted by molar-refractivity contribution is 7.80. The average molecular weight is 292 g/mol. The van der Waals surface area contributed by atoms with Crippen LogP contribution in [0, 0.1) is 17.2 Å². The van der Waals surface area contributed by atoms with E-state index in [9.17, 15) is 5.26 Å². The van der Waals surface area contributed by atoms with Crippen molar-refractivity contribution in [2.45, 2.75) is 5.92 Å². The first-order valence-electron chi connectivity index (χ1n) is 6.52. The van der Waals surface area contributed by atoms with E-state index in [-0.39, 0.29) is 11.8 Å². The highest BCUT2D eigenvalue weighted by Crippen LogP contribution is 2.33. The van der Waals surface area contributed by atoms with E-state index >= 15 is 0 Å². The van der Waals surface area contributed by atoms with Crippen molar-refractivity contribution in [1.29, 1.82) is 5.26 Å². The molecule has 2 aromatic heterocycles. The lowest BCUT2D eigenvalue weighted by molar-refractivity contribution is 0.731. The minimum Gasteiger partial charge on any atom is -0.349 e. The van der Waals surface area contributed by atoms with E-state index in [4.69, 9.17) is 12.2 Å². The van der Waals surface area contributed by atoms with Crippen molar-refractivity contribution in [3.8, 4) is 6.07 Å². The molecular formula is C16H12N4S. The van der Waals surface area contributed by atoms with Crippen molar-refractivity contribution in [3.05, 3.63) is 66.3 Å². The Balaban J connectivity index is 2.06. The van der Waals surface area contributed by atoms with Crippen LogP contribution >= 0.6 is 12.2 Å². The Morgan fingerprint density at radius 3 is 2.62 bits per heavy atom. The molecule has 1 aliphatic rings. The highest BCUT2D eigenvalue weighted by Gasteiger charge is 2.30. The third-order valence-electron chi connectivity index (χ3n) is 3.45. The molecule has 3 heterocycles. The molecule has 0 amide bonds. The maximum absolute atomic E-state index is 9.42. The van der Waals surface area contributed by atoms with Gasteiger partial charge < -0.3 is 5.32 Å². The van der Waals surface area contributed by atoms with Crippen LogP contribution < -0.4 is 5.32 Å². The van der Waals surface area contributed by atoms with Gasteiger partial charge in [-0.2, -0.15) is 5.26 Å². The molecule has 1 aliphatic heterocycles. The summed E-state index contributed by atoms with van der Waals surface area (Å²) in [7, 11) is 0. The second-order valence-corrected chi connectivity index (χ2v) is 5.16. The van der Waals surface area contributed by atoms with Gasteiger partial charge in [-0.3, -0.25) is 9.97 Å². The summed E-state index contributed by atoms with van der Waals surface area (Å²) < 4.78 is 0. The zero-order valence-electron chi connectivity index (χ0n) is 11.1. The van der Waals surface area contributed by atoms with Crippen molar-refractivity contribution in [2.24, 2.45) is 5.92 Å². The summed E-state index contributed by atoms with van der Waals surface area (Å²) in [6.45, 7) is 0. The summed E-state index contributed by atoms with van der Waals surface area (Å²) in [5.74, 6) is -0.454. The monoisotopic (exact) mass is 292 g/mol. The van der Waals surface area contributed by atoms with Crippen LogP contribution in [-0.4, -0.2) is 15.0 Å². The SMILES string of the molecule is N#CC1C(=S)NC(c2cccnc2)=CC1c1ccncc1. The molecule has 5 heteroatoms. The van der Waals surface area contributed by atoms with Gasteiger partial charge in [0.05, 0.1) is 11.1 Å². The van der Waals surface area contributed by atoms with Gasteiger partial charge in [-0.25, -0.2) is 0 Å². The molecule has 0 aliphatic carbocycles. The normalized spacial score (nSPS) is 21.1. The van der Waals surface area contributed by atoms with Gasteiger partial charge in [-0.05, 0) is 29.8 Å². The molecule has 102 valence electrons. The molecule has 2 aromatic rings. The largest absolute Gasteiger partial charge is 0.349 e. The number of aromatic nitrogens is 2. The van der Waals surface area contributed by atoms with Crippen molar-refractivity contribution < 1.29 is 0 Å². The summed E-state index contributed by atoms with van der Waals surface area (Å²) >= 11 is 5.37. The number of nitriles is 1. The van der Waals surface area contributed by atoms with E-state index in [0.29, 0.717) is 4.99 Å². The van der Waals surface area contributed by atoms with Crippen LogP contribution in [0.5, 0.6) is 0 Å². The van der Waals surface area contributed by atoms with E-state index in [1.807, 2.05) is 30.3 Å². The second kappa shape index (κ2) is 5.81. The summed E-state index contributed by atoms with van der Waals surface area (Å²) in [5, 5.41) is 12.6. The average Bonchev–Trinajstić information content (AvgIpc) is 2.55. The van der Waals surface area contributed by atoms with E-state index in [1.165, 1.54) is 0 Å². The molecule has 2 atom stereocenters. The van der Waals surface area contributed by atoms with Gasteiger partial charge in [-0.15, -0.1) is 0 Å². The summed E-state index contributed by atoms with van der Waals surface area (Å²) in [5.41, 5.74) is 2.87. The van der Waals surface area contributed by atoms with E-state index in [0.717, 1.165) is 16.8 Å². The van der Waals surface area contributed by atoms with Crippen LogP contribution in [0.1, 0.15) is 17.0 Å². The van der Waals surface area contributed by atoms with Gasteiger partial charge >= 0.3 is 0 Å². The lowest BCUT2D eigenvalue weighted by atomic mass is 9.83. The van der Waals surface area contributed by atoms with Crippen molar-refractivity contribution in [3.63, 3.8) is 0 Å². The fourth-order valence-electron chi connectivity index (χ4n) is 2.39. The molecule has 0 radical (unpaired) electrons. The standard InChI is InChI=1S/C16H12N4S/c17-9-14-13(11-3-6-18-7-4-11)8-15(20-16(14)21)12-2-1-5-19-10-12/h1-8,10,13-14H,(H,20,21). The molecular weight excluding hydrogens is 280 g/mol. The zero-order chi connectivity index (χ0) is 14.7. The minimum absolute atomic E-state index is 0.0815. The number of nitrogens with zero attached hydrogens (tertiary/aromatic N) is 3. The number of allylic oxidation sites excluding steroid dienone is 1. The van der Waals surface area contributed by atoms with Crippen molar-refractivity contribution in [1.82, 2.24) is 15.3 Å². The van der Waals surface area contributed by atoms with Crippen molar-refractivity contribution >= 4 is 22.9 Å². The number of hydrogen-bond donors (Lipinski definition) is 1. The Hall–Kier alpha value is -2.58. The molecule has 0 fully saturated rings. The minimum atomic E-state index is -0.372. The quantitative estimate of drug-likeness (QED) is 0.862. The number of pyridine rings is 2. The first kappa shape index (κ1) is 13.4. The van der Waals surface area contributed by atoms with Crippen LogP contribution in [-0.2, 0) is 0 Å². The van der Waals surface area contributed by atoms with Crippen LogP contribution in [0.3, 0.4) is 0 Å². The van der Waals surface area contributed by atoms with Gasteiger partial charge in [0.25, 0.3) is 0 Å². The summed E-state index contributed by atoms with van der Waals surface area (Å²) in [4.78, 5) is 8.69. The Morgan fingerprint density at radius 1 is 1.14 bits per heavy atom. The van der Waals surface area contributed by atoms with Gasteiger partial charge in [-0.1, -0.05) is 18.3 Å². The van der Waals surface area contributed by atoms with Crippen LogP contribution in [0.25, 0.3) is 5.70 Å². The Labute approximate surface area is 128 Å². The van der Waals surface area contributed by atoms with Crippen molar-refractivity contribution in [2.75, 3.05) is 0 Å². The van der Waals surface area contributed by atoms with E-state index in [2.05, 4.69) is 21.4 Å². The van der Waals surface area contributed by atoms with Gasteiger partial charge in [0.15, 0.2) is 0 Å². The van der Waals surface area contributed by atoms with Crippen LogP contribution in [0.4, 0.5) is 0 Å². The third kappa shape index (κ3) is 2.67. The number of hydrogen-bond acceptors (Lipinski definition) is 4. The first-order chi connectivity index (χ1) is 10.3. The predicted molar refractivity (Wildman–Crippen MR) is 84.0 cm³/mol. The Kier molecular flexibility index (Phi) is 3.71. The molecule has 0 spiro atoms. The maximum Gasteiger partial charge on any atom is 0.107 e. The summed E-state index contributed by atoms with van der Waals surface area (Å²) in [6, 6.07) is 9.96. The fraction of sp³-hybridized carbons (Fsp3) is 0.125. The number of thiocarbonyl (C=S) groups is 1. The molecule has 0 bridgehead atoms. The van der Waals surface area contributed by atoms with Crippen LogP contribution in [0.2, 0.25) is 0 Å². The molecule has 3 rings (SSSR count). The number of nitrogens with one attached hydrogen (secondary N) is 1. The summed E-state index contributed by atoms with van der Waals surface area (Å²) in [6.07, 6.45) is 9.00. The molecule has 1 N–H and O–H groups in total. The maximum atomic E-state index is 9.42. The Bertz CT molecular complexity index is 719. The van der Waals surface area contributed by atoms with Gasteiger partial charge in [0.1, 0.15) is 5.92 Å². The highest BCUT2D eigenvalue weighted by atomic mass is 32.1. The molecule has 21 heavy (non-hydrogen) atoms. The Morgan fingerprint density at radius 2 is 1.95 bits per heavy atom. The molecule has 0 saturated heterocycles. The fourth-order valence-corrected chi connectivity index (χ4v) is 2.70. The molecule has 0 saturated carbocycles. The lowest BCUT2D eigenvalue weighted by Gasteiger charge is -2.28. The van der Waals surface area contributed by atoms with E-state index in [1.54, 1.807) is 24.8 Å². The topological polar surface area (TPSA) is 61.6 Å². The van der Waals surface area contributed by atoms with Gasteiger partial charge in [0, 0.05) is 42.0 Å². The molecule has 0 aromatic carbocycles. The third-order valence-corrected chi connectivity index (χ3v) is 3.80. The predicted octanol–water partition coefficient (Wildman–Crippen LogP) is 2.67. The van der Waals surface area contributed by atoms with Gasteiger partial charge in [0.2, 0.25) is 0 Å². The smallest absolute Gasteiger partial charge is 0.107 e. The lowest BCUT2D eigenvalue weighted by Crippen LogP contribution is -2.35. The zero-order valence-corrected chi connectivity index (χ0v) is 11.9. The van der Waals surface area contributed by atoms with Crippen LogP contribution in [0.15, 0.2) is 55.1 Å². The van der Waals surface area contributed by atoms with E-state index < -0.39 is 0 Å². The second-order valence-electron chi connectivity index (χ2n) is 4.72. The first-order valence-corrected chi connectivity index (χ1v) is 6.93. The molecule has 4 nitrogen and oxygen atoms in total.